The Morgan fingerprint density at radius 3 is 1.78 bits per heavy atom. The van der Waals surface area contributed by atoms with Crippen LogP contribution in [-0.4, -0.2) is 29.7 Å². The maximum atomic E-state index is 6.26. The Morgan fingerprint density at radius 2 is 1.35 bits per heavy atom. The first-order valence-corrected chi connectivity index (χ1v) is 8.89. The number of benzene rings is 2. The summed E-state index contributed by atoms with van der Waals surface area (Å²) in [7, 11) is 0. The molecule has 1 aliphatic heterocycles. The molecule has 2 aromatic rings. The molecule has 23 heavy (non-hydrogen) atoms. The molecule has 1 aliphatic carbocycles. The summed E-state index contributed by atoms with van der Waals surface area (Å²) in [5.41, 5.74) is 12.4. The lowest BCUT2D eigenvalue weighted by Gasteiger charge is -2.57. The Bertz CT molecular complexity index is 666. The van der Waals surface area contributed by atoms with E-state index in [1.165, 1.54) is 22.3 Å². The zero-order valence-corrected chi connectivity index (χ0v) is 14.2. The minimum atomic E-state index is 0.347. The van der Waals surface area contributed by atoms with Crippen molar-refractivity contribution in [3.63, 3.8) is 0 Å². The van der Waals surface area contributed by atoms with Gasteiger partial charge in [-0.2, -0.15) is 0 Å². The van der Waals surface area contributed by atoms with Crippen LogP contribution in [0.4, 0.5) is 0 Å². The summed E-state index contributed by atoms with van der Waals surface area (Å²) in [6.45, 7) is 6.90. The Morgan fingerprint density at radius 1 is 0.870 bits per heavy atom. The van der Waals surface area contributed by atoms with Crippen LogP contribution in [0.3, 0.4) is 0 Å². The van der Waals surface area contributed by atoms with Gasteiger partial charge in [0.2, 0.25) is 0 Å². The molecule has 0 radical (unpaired) electrons. The van der Waals surface area contributed by atoms with E-state index in [-0.39, 0.29) is 0 Å². The maximum Gasteiger partial charge on any atom is 0.141 e. The van der Waals surface area contributed by atoms with Gasteiger partial charge in [0.25, 0.3) is 0 Å². The summed E-state index contributed by atoms with van der Waals surface area (Å²) in [5.74, 6) is 0. The topological polar surface area (TPSA) is 26.0 Å². The molecule has 0 spiro atoms. The van der Waals surface area contributed by atoms with Gasteiger partial charge in [-0.3, -0.25) is 0 Å². The molecule has 0 unspecified atom stereocenters. The van der Waals surface area contributed by atoms with Gasteiger partial charge in [0.05, 0.1) is 6.04 Å². The second-order valence-electron chi connectivity index (χ2n) is 7.62. The third-order valence-electron chi connectivity index (χ3n) is 6.05. The van der Waals surface area contributed by atoms with E-state index in [1.54, 1.807) is 0 Å². The van der Waals surface area contributed by atoms with Crippen LogP contribution in [0.1, 0.15) is 42.1 Å². The van der Waals surface area contributed by atoms with Gasteiger partial charge in [-0.25, -0.2) is 0 Å². The van der Waals surface area contributed by atoms with E-state index >= 15 is 0 Å². The Kier molecular flexibility index (Phi) is 3.55. The van der Waals surface area contributed by atoms with E-state index in [1.807, 2.05) is 0 Å². The van der Waals surface area contributed by atoms with Crippen LogP contribution in [0.2, 0.25) is 0 Å². The van der Waals surface area contributed by atoms with Gasteiger partial charge in [0.1, 0.15) is 25.2 Å². The normalized spacial score (nSPS) is 27.0. The van der Waals surface area contributed by atoms with Crippen LogP contribution in [0.25, 0.3) is 0 Å². The molecule has 0 atom stereocenters. The summed E-state index contributed by atoms with van der Waals surface area (Å²) in [6.07, 6.45) is 2.29. The predicted octanol–water partition coefficient (Wildman–Crippen LogP) is 3.44. The average molecular weight is 307 g/mol. The highest BCUT2D eigenvalue weighted by atomic mass is 15.5. The van der Waals surface area contributed by atoms with Crippen molar-refractivity contribution in [1.29, 1.82) is 0 Å². The zero-order valence-electron chi connectivity index (χ0n) is 14.2. The molecule has 1 saturated heterocycles. The molecule has 120 valence electrons. The van der Waals surface area contributed by atoms with Crippen LogP contribution in [-0.2, 0) is 12.8 Å². The maximum absolute atomic E-state index is 6.26. The average Bonchev–Trinajstić information content (AvgIpc) is 2.68. The Hall–Kier alpha value is -1.64. The number of fused-ring (bicyclic) bond motifs is 2. The molecule has 1 heterocycles. The number of nitrogens with zero attached hydrogens (tertiary/aromatic N) is 1. The number of nitrogens with two attached hydrogens (primary N) is 1. The molecule has 0 bridgehead atoms. The Balaban J connectivity index is 1.94. The minimum Gasteiger partial charge on any atom is -0.318 e. The predicted molar refractivity (Wildman–Crippen MR) is 95.2 cm³/mol. The number of rotatable bonds is 2. The molecular formula is C21H27N2+. The summed E-state index contributed by atoms with van der Waals surface area (Å²) in [5, 5.41) is 0. The fraction of sp³-hybridized carbons (Fsp3) is 0.429. The van der Waals surface area contributed by atoms with E-state index in [4.69, 9.17) is 5.73 Å². The highest BCUT2D eigenvalue weighted by molar-refractivity contribution is 5.43. The van der Waals surface area contributed by atoms with E-state index < -0.39 is 0 Å². The number of quaternary nitrogens is 1. The van der Waals surface area contributed by atoms with Crippen LogP contribution < -0.4 is 5.73 Å². The summed E-state index contributed by atoms with van der Waals surface area (Å²) in [6, 6.07) is 19.5. The van der Waals surface area contributed by atoms with Crippen molar-refractivity contribution in [2.24, 2.45) is 5.73 Å². The molecule has 0 saturated carbocycles. The first-order chi connectivity index (χ1) is 11.1. The minimum absolute atomic E-state index is 0.347. The molecule has 2 aromatic carbocycles. The third-order valence-corrected chi connectivity index (χ3v) is 6.05. The van der Waals surface area contributed by atoms with Gasteiger partial charge in [0, 0.05) is 11.1 Å². The van der Waals surface area contributed by atoms with Gasteiger partial charge in [-0.15, -0.1) is 0 Å². The van der Waals surface area contributed by atoms with Crippen LogP contribution in [0.5, 0.6) is 0 Å². The molecule has 0 aromatic heterocycles. The first kappa shape index (κ1) is 14.9. The van der Waals surface area contributed by atoms with E-state index in [0.717, 1.165) is 30.4 Å². The van der Waals surface area contributed by atoms with Crippen molar-refractivity contribution in [2.75, 3.05) is 13.1 Å². The molecule has 2 nitrogen and oxygen atoms in total. The summed E-state index contributed by atoms with van der Waals surface area (Å²) in [4.78, 5) is 0. The SMILES string of the molecule is CC(C)[N+]1(C2c3ccccc3CCc3ccccc32)CC(N)C1. The molecule has 2 N–H and O–H groups in total. The lowest BCUT2D eigenvalue weighted by atomic mass is 9.85. The lowest BCUT2D eigenvalue weighted by molar-refractivity contribution is -1.01. The standard InChI is InChI=1S/C21H27N2/c1-15(2)23(13-18(22)14-23)21-19-9-5-3-7-16(19)11-12-17-8-4-6-10-20(17)21/h3-10,15,18,21H,11-14,22H2,1-2H3/q+1. The van der Waals surface area contributed by atoms with E-state index in [2.05, 4.69) is 62.4 Å². The highest BCUT2D eigenvalue weighted by Crippen LogP contribution is 2.45. The van der Waals surface area contributed by atoms with Gasteiger partial charge in [-0.05, 0) is 37.8 Å². The quantitative estimate of drug-likeness (QED) is 0.845. The number of hydrogen-bond acceptors (Lipinski definition) is 1. The van der Waals surface area contributed by atoms with Crippen molar-refractivity contribution < 1.29 is 4.48 Å². The third kappa shape index (κ3) is 2.24. The second kappa shape index (κ2) is 5.47. The van der Waals surface area contributed by atoms with Gasteiger partial charge < -0.3 is 10.2 Å². The van der Waals surface area contributed by atoms with Crippen LogP contribution in [0.15, 0.2) is 48.5 Å². The zero-order chi connectivity index (χ0) is 16.0. The molecule has 0 amide bonds. The summed E-state index contributed by atoms with van der Waals surface area (Å²) < 4.78 is 1.11. The summed E-state index contributed by atoms with van der Waals surface area (Å²) >= 11 is 0. The largest absolute Gasteiger partial charge is 0.318 e. The highest BCUT2D eigenvalue weighted by Gasteiger charge is 2.52. The molecular weight excluding hydrogens is 280 g/mol. The van der Waals surface area contributed by atoms with Crippen molar-refractivity contribution in [2.45, 2.75) is 44.8 Å². The van der Waals surface area contributed by atoms with Crippen molar-refractivity contribution >= 4 is 0 Å². The van der Waals surface area contributed by atoms with Crippen molar-refractivity contribution in [3.8, 4) is 0 Å². The monoisotopic (exact) mass is 307 g/mol. The first-order valence-electron chi connectivity index (χ1n) is 8.89. The van der Waals surface area contributed by atoms with E-state index in [0.29, 0.717) is 18.1 Å². The van der Waals surface area contributed by atoms with Gasteiger partial charge >= 0.3 is 0 Å². The lowest BCUT2D eigenvalue weighted by Crippen LogP contribution is -2.73. The fourth-order valence-electron chi connectivity index (χ4n) is 4.80. The number of likely N-dealkylation sites (tertiary alicyclic amines) is 1. The molecule has 2 aliphatic rings. The van der Waals surface area contributed by atoms with Crippen LogP contribution in [0, 0.1) is 0 Å². The van der Waals surface area contributed by atoms with E-state index in [9.17, 15) is 0 Å². The van der Waals surface area contributed by atoms with Gasteiger partial charge in [0.15, 0.2) is 0 Å². The molecule has 2 heteroatoms. The van der Waals surface area contributed by atoms with Gasteiger partial charge in [-0.1, -0.05) is 48.5 Å². The van der Waals surface area contributed by atoms with Crippen molar-refractivity contribution in [1.82, 2.24) is 0 Å². The molecule has 4 rings (SSSR count). The number of hydrogen-bond donors (Lipinski definition) is 1. The molecule has 1 fully saturated rings. The Labute approximate surface area is 139 Å². The second-order valence-corrected chi connectivity index (χ2v) is 7.62. The number of aryl methyl sites for hydroxylation is 2. The fourth-order valence-corrected chi connectivity index (χ4v) is 4.80. The van der Waals surface area contributed by atoms with Crippen LogP contribution >= 0.6 is 0 Å². The smallest absolute Gasteiger partial charge is 0.141 e. The van der Waals surface area contributed by atoms with Crippen molar-refractivity contribution in [3.05, 3.63) is 70.8 Å².